The van der Waals surface area contributed by atoms with Crippen molar-refractivity contribution in [1.82, 2.24) is 15.5 Å². The first kappa shape index (κ1) is 21.1. The molecule has 0 radical (unpaired) electrons. The standard InChI is InChI=1S/C21H23ClFN3O3/c1-29-17-6-2-14(3-7-17)12-25-20(27)11-19-21(28)24-8-9-26(19)13-15-4-5-16(23)10-18(15)22/h2-7,10,19H,8-9,11-13H2,1H3,(H,24,28)(H,25,27). The van der Waals surface area contributed by atoms with Crippen LogP contribution in [-0.4, -0.2) is 43.0 Å². The van der Waals surface area contributed by atoms with E-state index in [4.69, 9.17) is 16.3 Å². The summed E-state index contributed by atoms with van der Waals surface area (Å²) in [5, 5.41) is 5.95. The summed E-state index contributed by atoms with van der Waals surface area (Å²) in [4.78, 5) is 26.7. The Morgan fingerprint density at radius 3 is 2.76 bits per heavy atom. The second-order valence-electron chi connectivity index (χ2n) is 6.84. The Morgan fingerprint density at radius 2 is 2.07 bits per heavy atom. The highest BCUT2D eigenvalue weighted by atomic mass is 35.5. The van der Waals surface area contributed by atoms with E-state index in [1.807, 2.05) is 29.2 Å². The molecule has 8 heteroatoms. The predicted molar refractivity (Wildman–Crippen MR) is 108 cm³/mol. The van der Waals surface area contributed by atoms with Crippen LogP contribution in [0.3, 0.4) is 0 Å². The second-order valence-corrected chi connectivity index (χ2v) is 7.25. The Morgan fingerprint density at radius 1 is 1.31 bits per heavy atom. The molecule has 1 heterocycles. The Bertz CT molecular complexity index is 876. The minimum absolute atomic E-state index is 0.0286. The van der Waals surface area contributed by atoms with E-state index in [1.54, 1.807) is 13.2 Å². The minimum atomic E-state index is -0.610. The number of nitrogens with zero attached hydrogens (tertiary/aromatic N) is 1. The minimum Gasteiger partial charge on any atom is -0.497 e. The molecule has 2 amide bonds. The molecule has 2 N–H and O–H groups in total. The van der Waals surface area contributed by atoms with E-state index >= 15 is 0 Å². The van der Waals surface area contributed by atoms with Gasteiger partial charge in [0.2, 0.25) is 11.8 Å². The number of halogens is 2. The Labute approximate surface area is 174 Å². The van der Waals surface area contributed by atoms with E-state index in [0.717, 1.165) is 11.3 Å². The van der Waals surface area contributed by atoms with Gasteiger partial charge in [0, 0.05) is 31.2 Å². The van der Waals surface area contributed by atoms with Crippen molar-refractivity contribution in [3.05, 3.63) is 64.4 Å². The van der Waals surface area contributed by atoms with E-state index < -0.39 is 11.9 Å². The first-order valence-corrected chi connectivity index (χ1v) is 9.69. The zero-order chi connectivity index (χ0) is 20.8. The zero-order valence-corrected chi connectivity index (χ0v) is 16.8. The van der Waals surface area contributed by atoms with Crippen LogP contribution in [0.25, 0.3) is 0 Å². The molecule has 0 bridgehead atoms. The van der Waals surface area contributed by atoms with Crippen molar-refractivity contribution >= 4 is 23.4 Å². The molecule has 3 rings (SSSR count). The number of hydrogen-bond donors (Lipinski definition) is 2. The fourth-order valence-corrected chi connectivity index (χ4v) is 3.46. The average molecular weight is 420 g/mol. The third-order valence-electron chi connectivity index (χ3n) is 4.86. The number of benzene rings is 2. The summed E-state index contributed by atoms with van der Waals surface area (Å²) in [7, 11) is 1.59. The molecule has 1 aliphatic heterocycles. The van der Waals surface area contributed by atoms with Crippen molar-refractivity contribution in [1.29, 1.82) is 0 Å². The molecular weight excluding hydrogens is 397 g/mol. The van der Waals surface area contributed by atoms with Gasteiger partial charge in [-0.1, -0.05) is 29.8 Å². The fraction of sp³-hybridized carbons (Fsp3) is 0.333. The van der Waals surface area contributed by atoms with Crippen LogP contribution in [0.1, 0.15) is 17.5 Å². The van der Waals surface area contributed by atoms with Crippen molar-refractivity contribution in [3.63, 3.8) is 0 Å². The van der Waals surface area contributed by atoms with Crippen molar-refractivity contribution in [2.75, 3.05) is 20.2 Å². The molecule has 1 fully saturated rings. The predicted octanol–water partition coefficient (Wildman–Crippen LogP) is 2.49. The molecule has 2 aromatic rings. The maximum Gasteiger partial charge on any atom is 0.237 e. The molecule has 0 aliphatic carbocycles. The number of ether oxygens (including phenoxy) is 1. The number of nitrogens with one attached hydrogen (secondary N) is 2. The van der Waals surface area contributed by atoms with Crippen LogP contribution in [0, 0.1) is 5.82 Å². The SMILES string of the molecule is COc1ccc(CNC(=O)CC2C(=O)NCCN2Cc2ccc(F)cc2Cl)cc1. The highest BCUT2D eigenvalue weighted by molar-refractivity contribution is 6.31. The number of methoxy groups -OCH3 is 1. The molecule has 1 unspecified atom stereocenters. The van der Waals surface area contributed by atoms with Crippen LogP contribution in [0.15, 0.2) is 42.5 Å². The van der Waals surface area contributed by atoms with Gasteiger partial charge in [-0.25, -0.2) is 4.39 Å². The van der Waals surface area contributed by atoms with Crippen molar-refractivity contribution in [2.45, 2.75) is 25.6 Å². The molecule has 0 saturated carbocycles. The topological polar surface area (TPSA) is 70.7 Å². The lowest BCUT2D eigenvalue weighted by Gasteiger charge is -2.34. The molecule has 1 saturated heterocycles. The van der Waals surface area contributed by atoms with E-state index in [-0.39, 0.29) is 18.2 Å². The Hall–Kier alpha value is -2.64. The first-order chi connectivity index (χ1) is 14.0. The molecular formula is C21H23ClFN3O3. The van der Waals surface area contributed by atoms with E-state index in [9.17, 15) is 14.0 Å². The van der Waals surface area contributed by atoms with Crippen LogP contribution >= 0.6 is 11.6 Å². The van der Waals surface area contributed by atoms with Gasteiger partial charge in [-0.15, -0.1) is 0 Å². The lowest BCUT2D eigenvalue weighted by Crippen LogP contribution is -2.56. The van der Waals surface area contributed by atoms with E-state index in [0.29, 0.717) is 36.8 Å². The molecule has 1 aliphatic rings. The van der Waals surface area contributed by atoms with Crippen LogP contribution in [0.2, 0.25) is 5.02 Å². The largest absolute Gasteiger partial charge is 0.497 e. The van der Waals surface area contributed by atoms with Gasteiger partial charge in [-0.05, 0) is 35.4 Å². The Balaban J connectivity index is 1.60. The number of piperazine rings is 1. The summed E-state index contributed by atoms with van der Waals surface area (Å²) in [6.07, 6.45) is 0.0286. The second kappa shape index (κ2) is 9.71. The van der Waals surface area contributed by atoms with Gasteiger partial charge in [-0.3, -0.25) is 14.5 Å². The zero-order valence-electron chi connectivity index (χ0n) is 16.1. The van der Waals surface area contributed by atoms with Crippen LogP contribution < -0.4 is 15.4 Å². The van der Waals surface area contributed by atoms with Gasteiger partial charge in [0.1, 0.15) is 11.6 Å². The molecule has 0 spiro atoms. The van der Waals surface area contributed by atoms with Crippen LogP contribution in [-0.2, 0) is 22.7 Å². The lowest BCUT2D eigenvalue weighted by molar-refractivity contribution is -0.134. The summed E-state index contributed by atoms with van der Waals surface area (Å²) >= 11 is 6.12. The highest BCUT2D eigenvalue weighted by Gasteiger charge is 2.31. The van der Waals surface area contributed by atoms with Crippen LogP contribution in [0.5, 0.6) is 5.75 Å². The molecule has 0 aromatic heterocycles. The van der Waals surface area contributed by atoms with Crippen LogP contribution in [0.4, 0.5) is 4.39 Å². The highest BCUT2D eigenvalue weighted by Crippen LogP contribution is 2.21. The number of carbonyl (C=O) groups is 2. The van der Waals surface area contributed by atoms with Gasteiger partial charge in [0.25, 0.3) is 0 Å². The van der Waals surface area contributed by atoms with Crippen molar-refractivity contribution in [3.8, 4) is 5.75 Å². The maximum absolute atomic E-state index is 13.3. The summed E-state index contributed by atoms with van der Waals surface area (Å²) in [6.45, 7) is 1.79. The van der Waals surface area contributed by atoms with Gasteiger partial charge in [0.05, 0.1) is 19.6 Å². The third kappa shape index (κ3) is 5.68. The van der Waals surface area contributed by atoms with Gasteiger partial charge in [-0.2, -0.15) is 0 Å². The van der Waals surface area contributed by atoms with Gasteiger partial charge < -0.3 is 15.4 Å². The van der Waals surface area contributed by atoms with Crippen molar-refractivity contribution in [2.24, 2.45) is 0 Å². The Kier molecular flexibility index (Phi) is 7.06. The smallest absolute Gasteiger partial charge is 0.237 e. The number of hydrogen-bond acceptors (Lipinski definition) is 4. The quantitative estimate of drug-likeness (QED) is 0.723. The number of amides is 2. The summed E-state index contributed by atoms with van der Waals surface area (Å²) < 4.78 is 18.4. The van der Waals surface area contributed by atoms with E-state index in [2.05, 4.69) is 10.6 Å². The number of carbonyl (C=O) groups excluding carboxylic acids is 2. The van der Waals surface area contributed by atoms with Crippen molar-refractivity contribution < 1.29 is 18.7 Å². The summed E-state index contributed by atoms with van der Waals surface area (Å²) in [5.74, 6) is -0.0919. The van der Waals surface area contributed by atoms with Gasteiger partial charge in [0.15, 0.2) is 0 Å². The molecule has 2 aromatic carbocycles. The summed E-state index contributed by atoms with van der Waals surface area (Å²) in [5.41, 5.74) is 1.65. The fourth-order valence-electron chi connectivity index (χ4n) is 3.23. The average Bonchev–Trinajstić information content (AvgIpc) is 2.71. The van der Waals surface area contributed by atoms with Gasteiger partial charge >= 0.3 is 0 Å². The molecule has 154 valence electrons. The molecule has 6 nitrogen and oxygen atoms in total. The first-order valence-electron chi connectivity index (χ1n) is 9.31. The summed E-state index contributed by atoms with van der Waals surface area (Å²) in [6, 6.07) is 11.0. The maximum atomic E-state index is 13.3. The monoisotopic (exact) mass is 419 g/mol. The molecule has 1 atom stereocenters. The van der Waals surface area contributed by atoms with E-state index in [1.165, 1.54) is 12.1 Å². The third-order valence-corrected chi connectivity index (χ3v) is 5.21. The number of rotatable bonds is 7. The normalized spacial score (nSPS) is 16.9. The lowest BCUT2D eigenvalue weighted by atomic mass is 10.1. The molecule has 29 heavy (non-hydrogen) atoms.